The largest absolute Gasteiger partial charge is 0.493 e. The van der Waals surface area contributed by atoms with Crippen LogP contribution in [0.4, 0.5) is 0 Å². The number of ether oxygens (including phenoxy) is 2. The third-order valence-electron chi connectivity index (χ3n) is 3.06. The number of hydrogen-bond acceptors (Lipinski definition) is 2. The molecule has 3 heteroatoms. The number of halogens is 1. The van der Waals surface area contributed by atoms with Gasteiger partial charge in [-0.15, -0.1) is 0 Å². The molecule has 0 unspecified atom stereocenters. The Labute approximate surface area is 135 Å². The molecule has 21 heavy (non-hydrogen) atoms. The van der Waals surface area contributed by atoms with Crippen LogP contribution in [0.15, 0.2) is 54.6 Å². The SMILES string of the molecule is CC(C)(CBr)COc1ccc(OCc2ccccc2)cc1. The summed E-state index contributed by atoms with van der Waals surface area (Å²) in [5.41, 5.74) is 1.29. The Morgan fingerprint density at radius 3 is 2.00 bits per heavy atom. The maximum absolute atomic E-state index is 5.79. The molecule has 0 spiro atoms. The van der Waals surface area contributed by atoms with Gasteiger partial charge in [0.15, 0.2) is 0 Å². The molecule has 0 N–H and O–H groups in total. The molecule has 0 radical (unpaired) electrons. The van der Waals surface area contributed by atoms with Gasteiger partial charge in [0, 0.05) is 10.7 Å². The second-order valence-electron chi connectivity index (χ2n) is 5.83. The van der Waals surface area contributed by atoms with Gasteiger partial charge in [-0.3, -0.25) is 0 Å². The average Bonchev–Trinajstić information content (AvgIpc) is 2.53. The molecule has 2 rings (SSSR count). The highest BCUT2D eigenvalue weighted by atomic mass is 79.9. The summed E-state index contributed by atoms with van der Waals surface area (Å²) in [6.45, 7) is 5.60. The molecule has 2 aromatic carbocycles. The summed E-state index contributed by atoms with van der Waals surface area (Å²) in [6.07, 6.45) is 0. The molecular formula is C18H21BrO2. The number of benzene rings is 2. The van der Waals surface area contributed by atoms with E-state index in [4.69, 9.17) is 9.47 Å². The molecule has 2 aromatic rings. The van der Waals surface area contributed by atoms with E-state index in [1.165, 1.54) is 0 Å². The summed E-state index contributed by atoms with van der Waals surface area (Å²) in [7, 11) is 0. The lowest BCUT2D eigenvalue weighted by atomic mass is 9.98. The third kappa shape index (κ3) is 5.43. The van der Waals surface area contributed by atoms with Crippen LogP contribution >= 0.6 is 15.9 Å². The van der Waals surface area contributed by atoms with Crippen LogP contribution in [-0.2, 0) is 6.61 Å². The van der Waals surface area contributed by atoms with Crippen LogP contribution in [-0.4, -0.2) is 11.9 Å². The normalized spacial score (nSPS) is 11.2. The predicted octanol–water partition coefficient (Wildman–Crippen LogP) is 5.07. The zero-order valence-corrected chi connectivity index (χ0v) is 14.1. The number of alkyl halides is 1. The van der Waals surface area contributed by atoms with Crippen molar-refractivity contribution in [2.75, 3.05) is 11.9 Å². The van der Waals surface area contributed by atoms with Crippen LogP contribution in [0.5, 0.6) is 11.5 Å². The molecule has 0 fully saturated rings. The Morgan fingerprint density at radius 2 is 1.43 bits per heavy atom. The van der Waals surface area contributed by atoms with E-state index in [0.29, 0.717) is 13.2 Å². The van der Waals surface area contributed by atoms with Crippen molar-refractivity contribution >= 4 is 15.9 Å². The van der Waals surface area contributed by atoms with Gasteiger partial charge in [0.05, 0.1) is 6.61 Å². The maximum Gasteiger partial charge on any atom is 0.120 e. The van der Waals surface area contributed by atoms with Gasteiger partial charge in [0.2, 0.25) is 0 Å². The second kappa shape index (κ2) is 7.51. The number of rotatable bonds is 7. The molecule has 0 aliphatic heterocycles. The lowest BCUT2D eigenvalue weighted by molar-refractivity contribution is 0.202. The Morgan fingerprint density at radius 1 is 0.857 bits per heavy atom. The van der Waals surface area contributed by atoms with Crippen LogP contribution in [0, 0.1) is 5.41 Å². The predicted molar refractivity (Wildman–Crippen MR) is 90.3 cm³/mol. The Balaban J connectivity index is 1.84. The standard InChI is InChI=1S/C18H21BrO2/c1-18(2,13-19)14-21-17-10-8-16(9-11-17)20-12-15-6-4-3-5-7-15/h3-11H,12-14H2,1-2H3. The van der Waals surface area contributed by atoms with E-state index in [0.717, 1.165) is 22.4 Å². The topological polar surface area (TPSA) is 18.5 Å². The van der Waals surface area contributed by atoms with Crippen molar-refractivity contribution < 1.29 is 9.47 Å². The lowest BCUT2D eigenvalue weighted by Crippen LogP contribution is -2.22. The molecule has 0 heterocycles. The molecule has 112 valence electrons. The van der Waals surface area contributed by atoms with Gasteiger partial charge in [-0.25, -0.2) is 0 Å². The van der Waals surface area contributed by atoms with Crippen LogP contribution in [0.2, 0.25) is 0 Å². The van der Waals surface area contributed by atoms with E-state index in [1.54, 1.807) is 0 Å². The van der Waals surface area contributed by atoms with E-state index in [9.17, 15) is 0 Å². The molecule has 0 bridgehead atoms. The highest BCUT2D eigenvalue weighted by Gasteiger charge is 2.16. The fourth-order valence-corrected chi connectivity index (χ4v) is 1.85. The monoisotopic (exact) mass is 348 g/mol. The van der Waals surface area contributed by atoms with Crippen molar-refractivity contribution in [1.29, 1.82) is 0 Å². The van der Waals surface area contributed by atoms with Gasteiger partial charge in [-0.2, -0.15) is 0 Å². The Bertz CT molecular complexity index is 535. The van der Waals surface area contributed by atoms with Gasteiger partial charge >= 0.3 is 0 Å². The summed E-state index contributed by atoms with van der Waals surface area (Å²) in [6, 6.07) is 17.9. The fraction of sp³-hybridized carbons (Fsp3) is 0.333. The number of hydrogen-bond donors (Lipinski definition) is 0. The molecule has 0 atom stereocenters. The summed E-state index contributed by atoms with van der Waals surface area (Å²) >= 11 is 3.50. The minimum atomic E-state index is 0.127. The fourth-order valence-electron chi connectivity index (χ4n) is 1.69. The molecule has 0 saturated heterocycles. The van der Waals surface area contributed by atoms with E-state index < -0.39 is 0 Å². The first-order valence-electron chi connectivity index (χ1n) is 7.05. The first kappa shape index (κ1) is 15.9. The second-order valence-corrected chi connectivity index (χ2v) is 6.39. The summed E-state index contributed by atoms with van der Waals surface area (Å²) in [5.74, 6) is 1.72. The smallest absolute Gasteiger partial charge is 0.120 e. The van der Waals surface area contributed by atoms with Crippen molar-refractivity contribution in [1.82, 2.24) is 0 Å². The molecule has 0 amide bonds. The van der Waals surface area contributed by atoms with Crippen molar-refractivity contribution in [3.05, 3.63) is 60.2 Å². The van der Waals surface area contributed by atoms with E-state index >= 15 is 0 Å². The van der Waals surface area contributed by atoms with Gasteiger partial charge < -0.3 is 9.47 Å². The highest BCUT2D eigenvalue weighted by molar-refractivity contribution is 9.09. The van der Waals surface area contributed by atoms with Crippen molar-refractivity contribution in [3.8, 4) is 11.5 Å². The first-order chi connectivity index (χ1) is 10.1. The first-order valence-corrected chi connectivity index (χ1v) is 8.17. The van der Waals surface area contributed by atoms with Crippen LogP contribution in [0.1, 0.15) is 19.4 Å². The van der Waals surface area contributed by atoms with Gasteiger partial charge in [-0.05, 0) is 29.8 Å². The quantitative estimate of drug-likeness (QED) is 0.650. The van der Waals surface area contributed by atoms with Crippen LogP contribution in [0.3, 0.4) is 0 Å². The third-order valence-corrected chi connectivity index (χ3v) is 4.58. The zero-order chi connectivity index (χ0) is 15.1. The van der Waals surface area contributed by atoms with E-state index in [-0.39, 0.29) is 5.41 Å². The molecule has 0 aromatic heterocycles. The highest BCUT2D eigenvalue weighted by Crippen LogP contribution is 2.23. The summed E-state index contributed by atoms with van der Waals surface area (Å²) in [4.78, 5) is 0. The van der Waals surface area contributed by atoms with Gasteiger partial charge in [-0.1, -0.05) is 60.1 Å². The minimum Gasteiger partial charge on any atom is -0.493 e. The van der Waals surface area contributed by atoms with Crippen molar-refractivity contribution in [2.24, 2.45) is 5.41 Å². The Hall–Kier alpha value is -1.48. The van der Waals surface area contributed by atoms with Crippen LogP contribution in [0.25, 0.3) is 0 Å². The van der Waals surface area contributed by atoms with Gasteiger partial charge in [0.1, 0.15) is 18.1 Å². The summed E-state index contributed by atoms with van der Waals surface area (Å²) < 4.78 is 11.5. The molecule has 2 nitrogen and oxygen atoms in total. The molecule has 0 aliphatic carbocycles. The average molecular weight is 349 g/mol. The zero-order valence-electron chi connectivity index (χ0n) is 12.5. The van der Waals surface area contributed by atoms with Crippen molar-refractivity contribution in [3.63, 3.8) is 0 Å². The molecular weight excluding hydrogens is 328 g/mol. The maximum atomic E-state index is 5.79. The molecule has 0 saturated carbocycles. The minimum absolute atomic E-state index is 0.127. The summed E-state index contributed by atoms with van der Waals surface area (Å²) in [5, 5.41) is 0.915. The van der Waals surface area contributed by atoms with Crippen molar-refractivity contribution in [2.45, 2.75) is 20.5 Å². The van der Waals surface area contributed by atoms with Crippen LogP contribution < -0.4 is 9.47 Å². The van der Waals surface area contributed by atoms with E-state index in [2.05, 4.69) is 41.9 Å². The Kier molecular flexibility index (Phi) is 5.68. The molecule has 0 aliphatic rings. The van der Waals surface area contributed by atoms with E-state index in [1.807, 2.05) is 42.5 Å². The lowest BCUT2D eigenvalue weighted by Gasteiger charge is -2.21. The van der Waals surface area contributed by atoms with Gasteiger partial charge in [0.25, 0.3) is 0 Å².